The molecule has 1 fully saturated rings. The van der Waals surface area contributed by atoms with Crippen LogP contribution in [0.1, 0.15) is 25.7 Å². The topological polar surface area (TPSA) is 15.3 Å². The molecule has 0 spiro atoms. The molecule has 1 saturated heterocycles. The molecule has 1 N–H and O–H groups in total. The van der Waals surface area contributed by atoms with Crippen molar-refractivity contribution in [2.75, 3.05) is 26.2 Å². The molecule has 0 radical (unpaired) electrons. The first-order valence-electron chi connectivity index (χ1n) is 5.76. The molecule has 2 rings (SSSR count). The molecular weight excluding hydrogens is 172 g/mol. The summed E-state index contributed by atoms with van der Waals surface area (Å²) in [4.78, 5) is 2.59. The van der Waals surface area contributed by atoms with Gasteiger partial charge >= 0.3 is 0 Å². The summed E-state index contributed by atoms with van der Waals surface area (Å²) in [5, 5.41) is 3.19. The third kappa shape index (κ3) is 2.88. The van der Waals surface area contributed by atoms with E-state index in [2.05, 4.69) is 28.6 Å². The highest BCUT2D eigenvalue weighted by molar-refractivity contribution is 5.23. The van der Waals surface area contributed by atoms with Crippen LogP contribution in [0.3, 0.4) is 0 Å². The van der Waals surface area contributed by atoms with Gasteiger partial charge in [0.05, 0.1) is 0 Å². The fraction of sp³-hybridized carbons (Fsp3) is 0.667. The second kappa shape index (κ2) is 5.20. The van der Waals surface area contributed by atoms with Crippen molar-refractivity contribution in [1.82, 2.24) is 10.2 Å². The molecule has 14 heavy (non-hydrogen) atoms. The van der Waals surface area contributed by atoms with Gasteiger partial charge in [-0.25, -0.2) is 0 Å². The normalized spacial score (nSPS) is 23.9. The van der Waals surface area contributed by atoms with E-state index < -0.39 is 0 Å². The maximum Gasteiger partial charge on any atom is 0.0331 e. The number of hydrogen-bond acceptors (Lipinski definition) is 2. The molecule has 2 heteroatoms. The molecule has 0 aromatic rings. The Morgan fingerprint density at radius 2 is 1.93 bits per heavy atom. The minimum absolute atomic E-state index is 1.000. The van der Waals surface area contributed by atoms with E-state index in [9.17, 15) is 0 Å². The molecular formula is C12H20N2. The minimum Gasteiger partial charge on any atom is -0.387 e. The van der Waals surface area contributed by atoms with Gasteiger partial charge in [-0.1, -0.05) is 18.9 Å². The monoisotopic (exact) mass is 192 g/mol. The fourth-order valence-corrected chi connectivity index (χ4v) is 2.16. The van der Waals surface area contributed by atoms with Crippen molar-refractivity contribution >= 4 is 0 Å². The predicted molar refractivity (Wildman–Crippen MR) is 60.1 cm³/mol. The number of nitrogens with zero attached hydrogens (tertiary/aromatic N) is 1. The Morgan fingerprint density at radius 1 is 1.14 bits per heavy atom. The van der Waals surface area contributed by atoms with Crippen molar-refractivity contribution in [2.24, 2.45) is 0 Å². The molecule has 0 aromatic heterocycles. The summed E-state index contributed by atoms with van der Waals surface area (Å²) in [5.74, 6) is 0. The lowest BCUT2D eigenvalue weighted by molar-refractivity contribution is 0.310. The van der Waals surface area contributed by atoms with Crippen molar-refractivity contribution < 1.29 is 0 Å². The van der Waals surface area contributed by atoms with Crippen LogP contribution in [0.15, 0.2) is 23.9 Å². The van der Waals surface area contributed by atoms with Crippen LogP contribution in [0.2, 0.25) is 0 Å². The van der Waals surface area contributed by atoms with Crippen LogP contribution in [0.5, 0.6) is 0 Å². The van der Waals surface area contributed by atoms with Crippen LogP contribution in [-0.2, 0) is 0 Å². The highest BCUT2D eigenvalue weighted by Gasteiger charge is 2.09. The minimum atomic E-state index is 1.000. The van der Waals surface area contributed by atoms with Gasteiger partial charge in [0.1, 0.15) is 0 Å². The zero-order chi connectivity index (χ0) is 9.64. The third-order valence-corrected chi connectivity index (χ3v) is 3.00. The van der Waals surface area contributed by atoms with Gasteiger partial charge < -0.3 is 5.32 Å². The number of dihydropyridines is 1. The molecule has 0 aliphatic carbocycles. The van der Waals surface area contributed by atoms with Crippen LogP contribution < -0.4 is 5.32 Å². The first-order chi connectivity index (χ1) is 6.95. The summed E-state index contributed by atoms with van der Waals surface area (Å²) in [6.07, 6.45) is 12.2. The van der Waals surface area contributed by atoms with Crippen LogP contribution in [0.25, 0.3) is 0 Å². The van der Waals surface area contributed by atoms with E-state index in [1.807, 2.05) is 0 Å². The Labute approximate surface area is 86.7 Å². The average molecular weight is 192 g/mol. The highest BCUT2D eigenvalue weighted by Crippen LogP contribution is 2.12. The predicted octanol–water partition coefficient (Wildman–Crippen LogP) is 1.91. The van der Waals surface area contributed by atoms with Gasteiger partial charge in [-0.2, -0.15) is 0 Å². The Hall–Kier alpha value is -0.760. The molecule has 78 valence electrons. The number of rotatable bonds is 2. The van der Waals surface area contributed by atoms with Crippen LogP contribution in [0, 0.1) is 0 Å². The molecule has 0 unspecified atom stereocenters. The molecule has 0 saturated carbocycles. The van der Waals surface area contributed by atoms with Gasteiger partial charge in [0.2, 0.25) is 0 Å². The zero-order valence-electron chi connectivity index (χ0n) is 8.84. The van der Waals surface area contributed by atoms with Crippen LogP contribution >= 0.6 is 0 Å². The summed E-state index contributed by atoms with van der Waals surface area (Å²) in [7, 11) is 0. The van der Waals surface area contributed by atoms with E-state index in [0.29, 0.717) is 0 Å². The van der Waals surface area contributed by atoms with Crippen molar-refractivity contribution in [1.29, 1.82) is 0 Å². The molecule has 0 amide bonds. The molecule has 2 aliphatic rings. The maximum atomic E-state index is 3.19. The van der Waals surface area contributed by atoms with Crippen LogP contribution in [-0.4, -0.2) is 31.1 Å². The summed E-state index contributed by atoms with van der Waals surface area (Å²) in [5.41, 5.74) is 1.48. The van der Waals surface area contributed by atoms with Gasteiger partial charge in [-0.15, -0.1) is 0 Å². The quantitative estimate of drug-likeness (QED) is 0.719. The second-order valence-electron chi connectivity index (χ2n) is 4.21. The largest absolute Gasteiger partial charge is 0.387 e. The Morgan fingerprint density at radius 3 is 2.57 bits per heavy atom. The van der Waals surface area contributed by atoms with Gasteiger partial charge in [0.15, 0.2) is 0 Å². The second-order valence-corrected chi connectivity index (χ2v) is 4.21. The van der Waals surface area contributed by atoms with E-state index in [4.69, 9.17) is 0 Å². The zero-order valence-corrected chi connectivity index (χ0v) is 8.84. The highest BCUT2D eigenvalue weighted by atomic mass is 15.1. The number of nitrogens with one attached hydrogen (secondary N) is 1. The van der Waals surface area contributed by atoms with E-state index in [0.717, 1.165) is 13.1 Å². The van der Waals surface area contributed by atoms with E-state index >= 15 is 0 Å². The molecule has 2 aliphatic heterocycles. The number of hydrogen-bond donors (Lipinski definition) is 1. The molecule has 0 bridgehead atoms. The summed E-state index contributed by atoms with van der Waals surface area (Å²) in [6.45, 7) is 4.73. The van der Waals surface area contributed by atoms with Crippen molar-refractivity contribution in [3.63, 3.8) is 0 Å². The molecule has 0 atom stereocenters. The van der Waals surface area contributed by atoms with E-state index in [1.165, 1.54) is 44.3 Å². The fourth-order valence-electron chi connectivity index (χ4n) is 2.16. The summed E-state index contributed by atoms with van der Waals surface area (Å²) < 4.78 is 0. The Balaban J connectivity index is 1.83. The SMILES string of the molecule is C1=CC(CN2CCCCCC2)=CCN1. The maximum absolute atomic E-state index is 3.19. The lowest BCUT2D eigenvalue weighted by Crippen LogP contribution is -2.27. The van der Waals surface area contributed by atoms with Crippen molar-refractivity contribution in [2.45, 2.75) is 25.7 Å². The Kier molecular flexibility index (Phi) is 3.64. The molecule has 2 nitrogen and oxygen atoms in total. The summed E-state index contributed by atoms with van der Waals surface area (Å²) >= 11 is 0. The first-order valence-corrected chi connectivity index (χ1v) is 5.76. The number of likely N-dealkylation sites (tertiary alicyclic amines) is 1. The first kappa shape index (κ1) is 9.78. The summed E-state index contributed by atoms with van der Waals surface area (Å²) in [6, 6.07) is 0. The van der Waals surface area contributed by atoms with Gasteiger partial charge in [0, 0.05) is 13.1 Å². The van der Waals surface area contributed by atoms with E-state index in [1.54, 1.807) is 0 Å². The van der Waals surface area contributed by atoms with Crippen molar-refractivity contribution in [3.8, 4) is 0 Å². The Bertz CT molecular complexity index is 222. The van der Waals surface area contributed by atoms with Gasteiger partial charge in [-0.05, 0) is 43.8 Å². The molecule has 0 aromatic carbocycles. The lowest BCUT2D eigenvalue weighted by Gasteiger charge is -2.21. The van der Waals surface area contributed by atoms with Crippen molar-refractivity contribution in [3.05, 3.63) is 23.9 Å². The third-order valence-electron chi connectivity index (χ3n) is 3.00. The van der Waals surface area contributed by atoms with Crippen LogP contribution in [0.4, 0.5) is 0 Å². The van der Waals surface area contributed by atoms with Gasteiger partial charge in [-0.3, -0.25) is 4.90 Å². The average Bonchev–Trinajstić information content (AvgIpc) is 2.48. The lowest BCUT2D eigenvalue weighted by atomic mass is 10.2. The standard InChI is InChI=1S/C12H20N2/c1-2-4-10-14(9-3-1)11-12-5-7-13-8-6-12/h5-7,13H,1-4,8-11H2. The van der Waals surface area contributed by atoms with E-state index in [-0.39, 0.29) is 0 Å². The smallest absolute Gasteiger partial charge is 0.0331 e. The molecule has 2 heterocycles. The van der Waals surface area contributed by atoms with Gasteiger partial charge in [0.25, 0.3) is 0 Å².